The highest BCUT2D eigenvalue weighted by atomic mass is 19.4. The SMILES string of the molecule is O=C(F)C(OF)(OCCF)C(F)(F)F. The van der Waals surface area contributed by atoms with Crippen molar-refractivity contribution in [2.24, 2.45) is 0 Å². The molecule has 0 saturated carbocycles. The van der Waals surface area contributed by atoms with Crippen molar-refractivity contribution in [2.75, 3.05) is 13.3 Å². The summed E-state index contributed by atoms with van der Waals surface area (Å²) in [6.45, 7) is -2.80. The van der Waals surface area contributed by atoms with Crippen molar-refractivity contribution in [2.45, 2.75) is 12.0 Å². The van der Waals surface area contributed by atoms with Crippen LogP contribution in [0.25, 0.3) is 0 Å². The first kappa shape index (κ1) is 13.2. The van der Waals surface area contributed by atoms with Gasteiger partial charge in [-0.15, -0.1) is 4.94 Å². The molecule has 0 aromatic rings. The zero-order chi connectivity index (χ0) is 11.4. The lowest BCUT2D eigenvalue weighted by molar-refractivity contribution is -0.422. The zero-order valence-corrected chi connectivity index (χ0v) is 6.41. The fraction of sp³-hybridized carbons (Fsp3) is 0.800. The van der Waals surface area contributed by atoms with Gasteiger partial charge in [0.1, 0.15) is 6.67 Å². The van der Waals surface area contributed by atoms with Crippen LogP contribution in [0.5, 0.6) is 0 Å². The van der Waals surface area contributed by atoms with Gasteiger partial charge >= 0.3 is 18.0 Å². The number of halogens is 6. The summed E-state index contributed by atoms with van der Waals surface area (Å²) in [6.07, 6.45) is -5.78. The molecule has 1 unspecified atom stereocenters. The molecule has 0 bridgehead atoms. The first-order chi connectivity index (χ1) is 6.31. The van der Waals surface area contributed by atoms with Gasteiger partial charge in [0.2, 0.25) is 0 Å². The maximum atomic E-state index is 11.9. The summed E-state index contributed by atoms with van der Waals surface area (Å²) in [5.74, 6) is -4.68. The summed E-state index contributed by atoms with van der Waals surface area (Å²) in [5.41, 5.74) is 0. The van der Waals surface area contributed by atoms with Gasteiger partial charge in [0.25, 0.3) is 0 Å². The van der Waals surface area contributed by atoms with Crippen LogP contribution >= 0.6 is 0 Å². The maximum Gasteiger partial charge on any atom is 0.457 e. The lowest BCUT2D eigenvalue weighted by atomic mass is 10.3. The monoisotopic (exact) mass is 226 g/mol. The Morgan fingerprint density at radius 1 is 1.29 bits per heavy atom. The van der Waals surface area contributed by atoms with Crippen molar-refractivity contribution >= 4 is 6.04 Å². The number of hydrogen-bond donors (Lipinski definition) is 0. The Balaban J connectivity index is 4.90. The van der Waals surface area contributed by atoms with E-state index < -0.39 is 31.3 Å². The number of alkyl halides is 4. The fourth-order valence-corrected chi connectivity index (χ4v) is 0.529. The maximum absolute atomic E-state index is 11.9. The highest BCUT2D eigenvalue weighted by Gasteiger charge is 2.66. The molecule has 84 valence electrons. The van der Waals surface area contributed by atoms with Crippen LogP contribution in [-0.2, 0) is 14.5 Å². The second-order valence-corrected chi connectivity index (χ2v) is 2.00. The number of carbonyl (C=O) groups excluding carboxylic acids is 1. The van der Waals surface area contributed by atoms with E-state index in [1.807, 2.05) is 0 Å². The summed E-state index contributed by atoms with van der Waals surface area (Å²) < 4.78 is 73.7. The van der Waals surface area contributed by atoms with Gasteiger partial charge in [-0.25, -0.2) is 4.39 Å². The molecule has 0 aliphatic carbocycles. The predicted molar refractivity (Wildman–Crippen MR) is 29.0 cm³/mol. The Hall–Kier alpha value is -0.830. The average Bonchev–Trinajstić information content (AvgIpc) is 2.03. The molecule has 0 N–H and O–H groups in total. The van der Waals surface area contributed by atoms with Crippen LogP contribution in [0.4, 0.5) is 26.5 Å². The zero-order valence-electron chi connectivity index (χ0n) is 6.41. The largest absolute Gasteiger partial charge is 0.457 e. The number of ether oxygens (including phenoxy) is 1. The first-order valence-electron chi connectivity index (χ1n) is 3.08. The Labute approximate surface area is 73.5 Å². The van der Waals surface area contributed by atoms with Gasteiger partial charge < -0.3 is 4.74 Å². The molecule has 0 aliphatic rings. The van der Waals surface area contributed by atoms with Crippen LogP contribution in [0.15, 0.2) is 0 Å². The van der Waals surface area contributed by atoms with E-state index in [1.54, 1.807) is 0 Å². The van der Waals surface area contributed by atoms with E-state index in [2.05, 4.69) is 9.68 Å². The summed E-state index contributed by atoms with van der Waals surface area (Å²) in [6, 6.07) is -3.25. The van der Waals surface area contributed by atoms with E-state index in [9.17, 15) is 31.3 Å². The summed E-state index contributed by atoms with van der Waals surface area (Å²) in [4.78, 5) is 12.0. The molecule has 9 heteroatoms. The highest BCUT2D eigenvalue weighted by Crippen LogP contribution is 2.36. The van der Waals surface area contributed by atoms with E-state index in [-0.39, 0.29) is 0 Å². The third kappa shape index (κ3) is 2.35. The fourth-order valence-electron chi connectivity index (χ4n) is 0.529. The topological polar surface area (TPSA) is 35.5 Å². The Bertz CT molecular complexity index is 204. The smallest absolute Gasteiger partial charge is 0.329 e. The molecule has 0 saturated heterocycles. The summed E-state index contributed by atoms with van der Waals surface area (Å²) >= 11 is 0. The van der Waals surface area contributed by atoms with Crippen LogP contribution in [0.2, 0.25) is 0 Å². The van der Waals surface area contributed by atoms with Crippen molar-refractivity contribution in [1.82, 2.24) is 0 Å². The van der Waals surface area contributed by atoms with Crippen LogP contribution < -0.4 is 0 Å². The van der Waals surface area contributed by atoms with Gasteiger partial charge in [-0.3, -0.25) is 4.79 Å². The van der Waals surface area contributed by atoms with Crippen LogP contribution in [0, 0.1) is 0 Å². The highest BCUT2D eigenvalue weighted by molar-refractivity contribution is 5.77. The van der Waals surface area contributed by atoms with Crippen LogP contribution in [0.3, 0.4) is 0 Å². The van der Waals surface area contributed by atoms with Gasteiger partial charge in [0.05, 0.1) is 6.61 Å². The predicted octanol–water partition coefficient (Wildman–Crippen LogP) is 1.63. The molecule has 3 nitrogen and oxygen atoms in total. The molecule has 0 aromatic heterocycles. The Morgan fingerprint density at radius 3 is 2.00 bits per heavy atom. The van der Waals surface area contributed by atoms with Gasteiger partial charge in [0, 0.05) is 0 Å². The van der Waals surface area contributed by atoms with E-state index in [0.717, 1.165) is 0 Å². The number of hydrogen-bond acceptors (Lipinski definition) is 3. The summed E-state index contributed by atoms with van der Waals surface area (Å²) in [5, 5.41) is 0. The normalized spacial score (nSPS) is 16.4. The Morgan fingerprint density at radius 2 is 1.79 bits per heavy atom. The second kappa shape index (κ2) is 4.60. The molecule has 0 aromatic carbocycles. The van der Waals surface area contributed by atoms with Crippen LogP contribution in [0.1, 0.15) is 0 Å². The van der Waals surface area contributed by atoms with E-state index in [4.69, 9.17) is 0 Å². The number of carbonyl (C=O) groups is 1. The van der Waals surface area contributed by atoms with Crippen molar-refractivity contribution in [3.63, 3.8) is 0 Å². The van der Waals surface area contributed by atoms with Gasteiger partial charge in [-0.2, -0.15) is 17.6 Å². The molecular weight excluding hydrogens is 222 g/mol. The molecule has 0 heterocycles. The second-order valence-electron chi connectivity index (χ2n) is 2.00. The minimum Gasteiger partial charge on any atom is -0.329 e. The first-order valence-corrected chi connectivity index (χ1v) is 3.08. The molecule has 0 aliphatic heterocycles. The molecule has 0 spiro atoms. The summed E-state index contributed by atoms with van der Waals surface area (Å²) in [7, 11) is 0. The minimum atomic E-state index is -5.78. The molecule has 0 amide bonds. The van der Waals surface area contributed by atoms with E-state index in [1.165, 1.54) is 0 Å². The third-order valence-corrected chi connectivity index (χ3v) is 1.12. The minimum absolute atomic E-state index is 1.33. The molecule has 0 fully saturated rings. The van der Waals surface area contributed by atoms with Crippen molar-refractivity contribution in [1.29, 1.82) is 0 Å². The van der Waals surface area contributed by atoms with Crippen molar-refractivity contribution < 1.29 is 41.0 Å². The Kier molecular flexibility index (Phi) is 4.33. The van der Waals surface area contributed by atoms with E-state index >= 15 is 0 Å². The van der Waals surface area contributed by atoms with E-state index in [0.29, 0.717) is 0 Å². The van der Waals surface area contributed by atoms with Crippen molar-refractivity contribution in [3.05, 3.63) is 0 Å². The average molecular weight is 226 g/mol. The lowest BCUT2D eigenvalue weighted by Crippen LogP contribution is -2.54. The molecular formula is C5H4F6O3. The van der Waals surface area contributed by atoms with Gasteiger partial charge in [0.15, 0.2) is 0 Å². The quantitative estimate of drug-likeness (QED) is 0.406. The third-order valence-electron chi connectivity index (χ3n) is 1.12. The number of rotatable bonds is 5. The van der Waals surface area contributed by atoms with Gasteiger partial charge in [-0.05, 0) is 4.53 Å². The standard InChI is InChI=1S/C5H4F6O3/c6-1-2-13-4(14-11,3(7)12)5(8,9)10/h1-2H2. The van der Waals surface area contributed by atoms with Gasteiger partial charge in [-0.1, -0.05) is 0 Å². The van der Waals surface area contributed by atoms with Crippen molar-refractivity contribution in [3.8, 4) is 0 Å². The lowest BCUT2D eigenvalue weighted by Gasteiger charge is -2.25. The molecule has 1 atom stereocenters. The molecule has 14 heavy (non-hydrogen) atoms. The van der Waals surface area contributed by atoms with Crippen LogP contribution in [-0.4, -0.2) is 31.3 Å². The molecule has 0 rings (SSSR count). The molecule has 0 radical (unpaired) electrons.